The number of nitrogens with zero attached hydrogens (tertiary/aromatic N) is 4. The highest BCUT2D eigenvalue weighted by atomic mass is 32.2. The monoisotopic (exact) mass is 283 g/mol. The first-order valence-corrected chi connectivity index (χ1v) is 8.11. The fourth-order valence-corrected chi connectivity index (χ4v) is 2.25. The van der Waals surface area contributed by atoms with Crippen molar-refractivity contribution in [2.24, 2.45) is 0 Å². The molecule has 6 heteroatoms. The molecule has 1 aromatic heterocycles. The van der Waals surface area contributed by atoms with E-state index < -0.39 is 0 Å². The van der Waals surface area contributed by atoms with Crippen LogP contribution in [0.5, 0.6) is 0 Å². The van der Waals surface area contributed by atoms with Crippen molar-refractivity contribution in [1.29, 1.82) is 0 Å². The van der Waals surface area contributed by atoms with E-state index in [1.807, 2.05) is 0 Å². The summed E-state index contributed by atoms with van der Waals surface area (Å²) in [5.41, 5.74) is 0. The fourth-order valence-electron chi connectivity index (χ4n) is 1.57. The number of hydrogen-bond donors (Lipinski definition) is 1. The quantitative estimate of drug-likeness (QED) is 0.703. The third kappa shape index (κ3) is 5.22. The van der Waals surface area contributed by atoms with E-state index in [9.17, 15) is 0 Å². The molecular formula is C13H25N5S. The lowest BCUT2D eigenvalue weighted by Gasteiger charge is -2.19. The Bertz CT molecular complexity index is 342. The lowest BCUT2D eigenvalue weighted by Crippen LogP contribution is -2.25. The van der Waals surface area contributed by atoms with Gasteiger partial charge in [0.2, 0.25) is 11.9 Å². The van der Waals surface area contributed by atoms with Crippen molar-refractivity contribution in [1.82, 2.24) is 15.0 Å². The molecule has 0 amide bonds. The maximum absolute atomic E-state index is 4.55. The van der Waals surface area contributed by atoms with Crippen molar-refractivity contribution in [3.05, 3.63) is 0 Å². The maximum Gasteiger partial charge on any atom is 0.231 e. The average Bonchev–Trinajstić information content (AvgIpc) is 2.44. The minimum Gasteiger partial charge on any atom is -0.354 e. The summed E-state index contributed by atoms with van der Waals surface area (Å²) in [7, 11) is 0. The van der Waals surface area contributed by atoms with E-state index in [0.29, 0.717) is 5.95 Å². The van der Waals surface area contributed by atoms with E-state index in [-0.39, 0.29) is 0 Å². The Morgan fingerprint density at radius 3 is 2.32 bits per heavy atom. The molecule has 0 aliphatic carbocycles. The second-order valence-electron chi connectivity index (χ2n) is 4.19. The van der Waals surface area contributed by atoms with E-state index in [1.165, 1.54) is 0 Å². The number of anilines is 2. The lowest BCUT2D eigenvalue weighted by molar-refractivity contribution is 0.780. The Morgan fingerprint density at radius 1 is 1.00 bits per heavy atom. The van der Waals surface area contributed by atoms with Crippen molar-refractivity contribution in [3.63, 3.8) is 0 Å². The second kappa shape index (κ2) is 8.96. The van der Waals surface area contributed by atoms with Gasteiger partial charge in [-0.2, -0.15) is 15.0 Å². The minimum absolute atomic E-state index is 0.692. The maximum atomic E-state index is 4.55. The molecule has 0 saturated heterocycles. The molecule has 0 aliphatic rings. The Kier molecular flexibility index (Phi) is 7.55. The van der Waals surface area contributed by atoms with Gasteiger partial charge in [-0.1, -0.05) is 25.6 Å². The number of rotatable bonds is 9. The summed E-state index contributed by atoms with van der Waals surface area (Å²) < 4.78 is 0. The van der Waals surface area contributed by atoms with E-state index in [1.54, 1.807) is 11.8 Å². The van der Waals surface area contributed by atoms with Gasteiger partial charge in [-0.3, -0.25) is 0 Å². The van der Waals surface area contributed by atoms with Gasteiger partial charge in [0.15, 0.2) is 5.16 Å². The number of hydrogen-bond acceptors (Lipinski definition) is 6. The molecular weight excluding hydrogens is 258 g/mol. The van der Waals surface area contributed by atoms with E-state index in [2.05, 4.69) is 52.9 Å². The molecule has 0 radical (unpaired) electrons. The summed E-state index contributed by atoms with van der Waals surface area (Å²) in [6.45, 7) is 11.2. The van der Waals surface area contributed by atoms with Crippen LogP contribution in [0.3, 0.4) is 0 Å². The molecule has 0 aliphatic heterocycles. The van der Waals surface area contributed by atoms with E-state index >= 15 is 0 Å². The molecule has 0 saturated carbocycles. The Morgan fingerprint density at radius 2 is 1.74 bits per heavy atom. The first-order chi connectivity index (χ1) is 9.24. The molecule has 1 aromatic rings. The Hall–Kier alpha value is -1.04. The first kappa shape index (κ1) is 16.0. The highest BCUT2D eigenvalue weighted by Crippen LogP contribution is 2.19. The molecule has 0 spiro atoms. The lowest BCUT2D eigenvalue weighted by atomic mass is 10.5. The molecule has 0 bridgehead atoms. The molecule has 1 rings (SSSR count). The van der Waals surface area contributed by atoms with Crippen molar-refractivity contribution in [2.45, 2.75) is 45.7 Å². The normalized spacial score (nSPS) is 10.5. The summed E-state index contributed by atoms with van der Waals surface area (Å²) in [6.07, 6.45) is 2.18. The summed E-state index contributed by atoms with van der Waals surface area (Å²) in [5.74, 6) is 2.50. The first-order valence-electron chi connectivity index (χ1n) is 7.12. The number of nitrogens with one attached hydrogen (secondary N) is 1. The van der Waals surface area contributed by atoms with Crippen LogP contribution in [0.1, 0.15) is 40.5 Å². The van der Waals surface area contributed by atoms with Crippen molar-refractivity contribution < 1.29 is 0 Å². The minimum atomic E-state index is 0.692. The van der Waals surface area contributed by atoms with Gasteiger partial charge in [0.25, 0.3) is 0 Å². The van der Waals surface area contributed by atoms with Crippen LogP contribution in [0.25, 0.3) is 0 Å². The highest BCUT2D eigenvalue weighted by Gasteiger charge is 2.11. The molecule has 0 atom stereocenters. The molecule has 5 nitrogen and oxygen atoms in total. The van der Waals surface area contributed by atoms with Gasteiger partial charge in [-0.25, -0.2) is 0 Å². The fraction of sp³-hybridized carbons (Fsp3) is 0.769. The molecule has 108 valence electrons. The summed E-state index contributed by atoms with van der Waals surface area (Å²) >= 11 is 1.69. The smallest absolute Gasteiger partial charge is 0.231 e. The van der Waals surface area contributed by atoms with Gasteiger partial charge in [0, 0.05) is 25.4 Å². The van der Waals surface area contributed by atoms with Crippen molar-refractivity contribution in [3.8, 4) is 0 Å². The van der Waals surface area contributed by atoms with E-state index in [4.69, 9.17) is 0 Å². The summed E-state index contributed by atoms with van der Waals surface area (Å²) in [6, 6.07) is 0. The van der Waals surface area contributed by atoms with Crippen LogP contribution in [0.2, 0.25) is 0 Å². The van der Waals surface area contributed by atoms with Crippen LogP contribution in [0, 0.1) is 0 Å². The van der Waals surface area contributed by atoms with Crippen LogP contribution in [-0.4, -0.2) is 40.3 Å². The van der Waals surface area contributed by atoms with E-state index in [0.717, 1.165) is 49.3 Å². The second-order valence-corrected chi connectivity index (χ2v) is 5.25. The Balaban J connectivity index is 2.93. The zero-order valence-corrected chi connectivity index (χ0v) is 13.3. The third-order valence-corrected chi connectivity index (χ3v) is 3.67. The molecule has 1 heterocycles. The van der Waals surface area contributed by atoms with Crippen LogP contribution >= 0.6 is 11.8 Å². The molecule has 1 N–H and O–H groups in total. The van der Waals surface area contributed by atoms with Crippen LogP contribution in [-0.2, 0) is 0 Å². The van der Waals surface area contributed by atoms with Crippen molar-refractivity contribution >= 4 is 23.7 Å². The summed E-state index contributed by atoms with van der Waals surface area (Å²) in [5, 5.41) is 4.07. The average molecular weight is 283 g/mol. The van der Waals surface area contributed by atoms with Crippen LogP contribution in [0.4, 0.5) is 11.9 Å². The predicted molar refractivity (Wildman–Crippen MR) is 83.2 cm³/mol. The highest BCUT2D eigenvalue weighted by molar-refractivity contribution is 7.99. The molecule has 0 fully saturated rings. The van der Waals surface area contributed by atoms with Crippen LogP contribution in [0.15, 0.2) is 5.16 Å². The van der Waals surface area contributed by atoms with Crippen LogP contribution < -0.4 is 10.2 Å². The SMILES string of the molecule is CCCNc1nc(SCCC)nc(N(CC)CC)n1. The van der Waals surface area contributed by atoms with Gasteiger partial charge < -0.3 is 10.2 Å². The van der Waals surface area contributed by atoms with Gasteiger partial charge >= 0.3 is 0 Å². The Labute approximate surface area is 120 Å². The third-order valence-electron chi connectivity index (χ3n) is 2.62. The standard InChI is InChI=1S/C13H25N5S/c1-5-9-14-11-15-12(18(7-3)8-4)17-13(16-11)19-10-6-2/h5-10H2,1-4H3,(H,14,15,16,17). The topological polar surface area (TPSA) is 53.9 Å². The molecule has 19 heavy (non-hydrogen) atoms. The van der Waals surface area contributed by atoms with Gasteiger partial charge in [0.1, 0.15) is 0 Å². The number of aromatic nitrogens is 3. The van der Waals surface area contributed by atoms with Crippen molar-refractivity contribution in [2.75, 3.05) is 35.6 Å². The molecule has 0 aromatic carbocycles. The zero-order valence-electron chi connectivity index (χ0n) is 12.4. The molecule has 0 unspecified atom stereocenters. The number of thioether (sulfide) groups is 1. The zero-order chi connectivity index (χ0) is 14.1. The summed E-state index contributed by atoms with van der Waals surface area (Å²) in [4.78, 5) is 15.7. The van der Waals surface area contributed by atoms with Gasteiger partial charge in [0.05, 0.1) is 0 Å². The van der Waals surface area contributed by atoms with Gasteiger partial charge in [-0.05, 0) is 26.7 Å². The van der Waals surface area contributed by atoms with Gasteiger partial charge in [-0.15, -0.1) is 0 Å². The largest absolute Gasteiger partial charge is 0.354 e. The predicted octanol–water partition coefficient (Wildman–Crippen LogP) is 3.04.